The van der Waals surface area contributed by atoms with Crippen molar-refractivity contribution in [2.45, 2.75) is 24.9 Å². The van der Waals surface area contributed by atoms with Crippen LogP contribution in [0.25, 0.3) is 0 Å². The number of nitrogens with one attached hydrogen (secondary N) is 1. The quantitative estimate of drug-likeness (QED) is 0.540. The van der Waals surface area contributed by atoms with Gasteiger partial charge in [-0.05, 0) is 35.4 Å². The number of anilines is 1. The Balaban J connectivity index is 1.64. The fourth-order valence-corrected chi connectivity index (χ4v) is 3.72. The summed E-state index contributed by atoms with van der Waals surface area (Å²) in [5.74, 6) is 0.353. The molecular weight excluding hydrogens is 380 g/mol. The predicted molar refractivity (Wildman–Crippen MR) is 119 cm³/mol. The molecule has 0 aliphatic rings. The Bertz CT molecular complexity index is 887. The molecule has 4 nitrogen and oxygen atoms in total. The van der Waals surface area contributed by atoms with Crippen LogP contribution in [0.4, 0.5) is 5.69 Å². The molecule has 148 valence electrons. The van der Waals surface area contributed by atoms with Gasteiger partial charge in [0.05, 0.1) is 5.75 Å². The fourth-order valence-electron chi connectivity index (χ4n) is 2.91. The maximum absolute atomic E-state index is 13.0. The molecule has 3 rings (SSSR count). The summed E-state index contributed by atoms with van der Waals surface area (Å²) < 4.78 is 0. The molecule has 0 aliphatic heterocycles. The lowest BCUT2D eigenvalue weighted by Gasteiger charge is -2.23. The van der Waals surface area contributed by atoms with Crippen molar-refractivity contribution < 1.29 is 9.59 Å². The molecular formula is C24H24N2O2S. The smallest absolute Gasteiger partial charge is 0.233 e. The minimum Gasteiger partial charge on any atom is -0.333 e. The summed E-state index contributed by atoms with van der Waals surface area (Å²) in [5, 5.41) is 2.75. The van der Waals surface area contributed by atoms with E-state index in [4.69, 9.17) is 0 Å². The Morgan fingerprint density at radius 2 is 1.31 bits per heavy atom. The van der Waals surface area contributed by atoms with Crippen LogP contribution in [0, 0.1) is 0 Å². The highest BCUT2D eigenvalue weighted by Crippen LogP contribution is 2.22. The molecule has 0 heterocycles. The van der Waals surface area contributed by atoms with Crippen molar-refractivity contribution in [1.29, 1.82) is 0 Å². The van der Waals surface area contributed by atoms with E-state index in [1.807, 2.05) is 89.8 Å². The van der Waals surface area contributed by atoms with E-state index in [1.54, 1.807) is 0 Å². The third-order valence-corrected chi connectivity index (χ3v) is 5.32. The number of carbonyl (C=O) groups excluding carboxylic acids is 2. The van der Waals surface area contributed by atoms with E-state index in [9.17, 15) is 9.59 Å². The second-order valence-corrected chi connectivity index (χ2v) is 7.76. The average molecular weight is 405 g/mol. The maximum Gasteiger partial charge on any atom is 0.233 e. The first-order valence-corrected chi connectivity index (χ1v) is 10.4. The largest absolute Gasteiger partial charge is 0.333 e. The minimum absolute atomic E-state index is 0.0913. The zero-order valence-corrected chi connectivity index (χ0v) is 17.2. The van der Waals surface area contributed by atoms with Gasteiger partial charge in [-0.25, -0.2) is 0 Å². The minimum atomic E-state index is -0.0990. The van der Waals surface area contributed by atoms with Gasteiger partial charge in [0, 0.05) is 30.6 Å². The number of amides is 2. The first-order valence-electron chi connectivity index (χ1n) is 9.46. The number of hydrogen-bond donors (Lipinski definition) is 1. The van der Waals surface area contributed by atoms with Crippen LogP contribution in [0.3, 0.4) is 0 Å². The van der Waals surface area contributed by atoms with E-state index in [0.717, 1.165) is 21.7 Å². The third kappa shape index (κ3) is 6.80. The van der Waals surface area contributed by atoms with Crippen LogP contribution in [-0.2, 0) is 22.7 Å². The molecule has 0 saturated heterocycles. The lowest BCUT2D eigenvalue weighted by atomic mass is 10.1. The van der Waals surface area contributed by atoms with Gasteiger partial charge in [-0.2, -0.15) is 0 Å². The Kier molecular flexibility index (Phi) is 7.47. The summed E-state index contributed by atoms with van der Waals surface area (Å²) in [7, 11) is 0. The summed E-state index contributed by atoms with van der Waals surface area (Å²) in [6.07, 6.45) is 0. The van der Waals surface area contributed by atoms with Crippen molar-refractivity contribution in [2.75, 3.05) is 11.1 Å². The lowest BCUT2D eigenvalue weighted by molar-refractivity contribution is -0.129. The summed E-state index contributed by atoms with van der Waals surface area (Å²) in [4.78, 5) is 27.0. The van der Waals surface area contributed by atoms with Crippen molar-refractivity contribution in [3.05, 3.63) is 96.1 Å². The zero-order chi connectivity index (χ0) is 20.5. The van der Waals surface area contributed by atoms with Crippen molar-refractivity contribution in [1.82, 2.24) is 4.90 Å². The molecule has 3 aromatic rings. The molecule has 3 aromatic carbocycles. The van der Waals surface area contributed by atoms with E-state index in [0.29, 0.717) is 18.8 Å². The third-order valence-electron chi connectivity index (χ3n) is 4.32. The molecule has 0 radical (unpaired) electrons. The topological polar surface area (TPSA) is 49.4 Å². The van der Waals surface area contributed by atoms with E-state index in [1.165, 1.54) is 18.7 Å². The van der Waals surface area contributed by atoms with E-state index >= 15 is 0 Å². The van der Waals surface area contributed by atoms with Crippen LogP contribution < -0.4 is 5.32 Å². The molecule has 0 spiro atoms. The number of benzene rings is 3. The van der Waals surface area contributed by atoms with E-state index in [-0.39, 0.29) is 11.8 Å². The van der Waals surface area contributed by atoms with Crippen LogP contribution in [0.2, 0.25) is 0 Å². The van der Waals surface area contributed by atoms with Gasteiger partial charge in [0.2, 0.25) is 11.8 Å². The highest BCUT2D eigenvalue weighted by atomic mass is 32.2. The molecule has 0 bridgehead atoms. The van der Waals surface area contributed by atoms with Crippen LogP contribution in [-0.4, -0.2) is 22.5 Å². The van der Waals surface area contributed by atoms with Gasteiger partial charge in [-0.15, -0.1) is 11.8 Å². The number of rotatable bonds is 8. The first kappa shape index (κ1) is 20.7. The number of carbonyl (C=O) groups is 2. The number of thioether (sulfide) groups is 1. The Morgan fingerprint density at radius 1 is 0.793 bits per heavy atom. The molecule has 0 fully saturated rings. The van der Waals surface area contributed by atoms with Crippen molar-refractivity contribution in [3.8, 4) is 0 Å². The zero-order valence-electron chi connectivity index (χ0n) is 16.4. The molecule has 0 atom stereocenters. The summed E-state index contributed by atoms with van der Waals surface area (Å²) in [5.41, 5.74) is 2.98. The van der Waals surface area contributed by atoms with E-state index < -0.39 is 0 Å². The molecule has 29 heavy (non-hydrogen) atoms. The van der Waals surface area contributed by atoms with Crippen LogP contribution in [0.15, 0.2) is 89.8 Å². The van der Waals surface area contributed by atoms with Gasteiger partial charge in [0.25, 0.3) is 0 Å². The monoisotopic (exact) mass is 404 g/mol. The fraction of sp³-hybridized carbons (Fsp3) is 0.167. The molecule has 0 saturated carbocycles. The first-order chi connectivity index (χ1) is 14.1. The number of nitrogens with zero attached hydrogens (tertiary/aromatic N) is 1. The van der Waals surface area contributed by atoms with Gasteiger partial charge < -0.3 is 10.2 Å². The Hall–Kier alpha value is -3.05. The normalized spacial score (nSPS) is 10.4. The average Bonchev–Trinajstić information content (AvgIpc) is 2.74. The summed E-state index contributed by atoms with van der Waals surface area (Å²) >= 11 is 1.50. The molecule has 1 N–H and O–H groups in total. The summed E-state index contributed by atoms with van der Waals surface area (Å²) in [6, 6.07) is 27.6. The van der Waals surface area contributed by atoms with Gasteiger partial charge in [-0.3, -0.25) is 9.59 Å². The van der Waals surface area contributed by atoms with Gasteiger partial charge >= 0.3 is 0 Å². The Labute approximate surface area is 175 Å². The van der Waals surface area contributed by atoms with Crippen molar-refractivity contribution in [3.63, 3.8) is 0 Å². The molecule has 2 amide bonds. The van der Waals surface area contributed by atoms with Crippen LogP contribution in [0.1, 0.15) is 18.1 Å². The second kappa shape index (κ2) is 10.5. The van der Waals surface area contributed by atoms with Crippen molar-refractivity contribution >= 4 is 29.3 Å². The van der Waals surface area contributed by atoms with Crippen LogP contribution in [0.5, 0.6) is 0 Å². The summed E-state index contributed by atoms with van der Waals surface area (Å²) in [6.45, 7) is 2.64. The van der Waals surface area contributed by atoms with Gasteiger partial charge in [0.1, 0.15) is 0 Å². The van der Waals surface area contributed by atoms with Gasteiger partial charge in [-0.1, -0.05) is 60.7 Å². The molecule has 0 aliphatic carbocycles. The number of hydrogen-bond acceptors (Lipinski definition) is 3. The standard InChI is InChI=1S/C24H24N2O2S/c1-19(27)25-22-12-14-23(15-13-22)29-18-24(28)26(16-20-8-4-2-5-9-20)17-21-10-6-3-7-11-21/h2-15H,16-18H2,1H3,(H,25,27). The highest BCUT2D eigenvalue weighted by Gasteiger charge is 2.15. The SMILES string of the molecule is CC(=O)Nc1ccc(SCC(=O)N(Cc2ccccc2)Cc2ccccc2)cc1. The molecule has 0 aromatic heterocycles. The van der Waals surface area contributed by atoms with Crippen molar-refractivity contribution in [2.24, 2.45) is 0 Å². The van der Waals surface area contributed by atoms with Gasteiger partial charge in [0.15, 0.2) is 0 Å². The maximum atomic E-state index is 13.0. The lowest BCUT2D eigenvalue weighted by Crippen LogP contribution is -2.31. The second-order valence-electron chi connectivity index (χ2n) is 6.72. The molecule has 0 unspecified atom stereocenters. The highest BCUT2D eigenvalue weighted by molar-refractivity contribution is 8.00. The Morgan fingerprint density at radius 3 is 1.79 bits per heavy atom. The predicted octanol–water partition coefficient (Wildman–Crippen LogP) is 4.97. The molecule has 5 heteroatoms. The van der Waals surface area contributed by atoms with E-state index in [2.05, 4.69) is 5.32 Å². The van der Waals surface area contributed by atoms with Crippen LogP contribution >= 0.6 is 11.8 Å².